The van der Waals surface area contributed by atoms with Crippen LogP contribution in [0.1, 0.15) is 25.8 Å². The van der Waals surface area contributed by atoms with Crippen molar-refractivity contribution in [3.8, 4) is 11.4 Å². The third kappa shape index (κ3) is 4.90. The van der Waals surface area contributed by atoms with Crippen LogP contribution in [0.25, 0.3) is 11.4 Å². The number of pyridine rings is 1. The molecule has 3 heterocycles. The number of hydrogen-bond donors (Lipinski definition) is 0. The van der Waals surface area contributed by atoms with Crippen molar-refractivity contribution in [1.82, 2.24) is 24.6 Å². The molecular weight excluding hydrogens is 394 g/mol. The Labute approximate surface area is 181 Å². The highest BCUT2D eigenvalue weighted by Gasteiger charge is 2.26. The first-order valence-electron chi connectivity index (χ1n) is 10.4. The maximum Gasteiger partial charge on any atom is 0.233 e. The lowest BCUT2D eigenvalue weighted by Crippen LogP contribution is -2.43. The van der Waals surface area contributed by atoms with Gasteiger partial charge in [0, 0.05) is 31.0 Å². The van der Waals surface area contributed by atoms with Gasteiger partial charge >= 0.3 is 0 Å². The fourth-order valence-electron chi connectivity index (χ4n) is 4.10. The van der Waals surface area contributed by atoms with E-state index in [0.29, 0.717) is 24.1 Å². The largest absolute Gasteiger partial charge is 0.341 e. The number of thioether (sulfide) groups is 1. The zero-order valence-electron chi connectivity index (χ0n) is 17.4. The van der Waals surface area contributed by atoms with E-state index >= 15 is 0 Å². The van der Waals surface area contributed by atoms with Crippen LogP contribution in [0.3, 0.4) is 0 Å². The summed E-state index contributed by atoms with van der Waals surface area (Å²) in [6.07, 6.45) is 4.70. The second-order valence-electron chi connectivity index (χ2n) is 8.15. The fraction of sp³-hybridized carbons (Fsp3) is 0.391. The highest BCUT2D eigenvalue weighted by Crippen LogP contribution is 2.26. The van der Waals surface area contributed by atoms with Gasteiger partial charge in [0.2, 0.25) is 5.91 Å². The maximum absolute atomic E-state index is 12.8. The smallest absolute Gasteiger partial charge is 0.233 e. The molecule has 0 N–H and O–H groups in total. The third-order valence-electron chi connectivity index (χ3n) is 5.39. The van der Waals surface area contributed by atoms with Crippen molar-refractivity contribution in [2.24, 2.45) is 11.8 Å². The van der Waals surface area contributed by atoms with Crippen LogP contribution in [0, 0.1) is 11.8 Å². The first-order valence-corrected chi connectivity index (χ1v) is 11.4. The van der Waals surface area contributed by atoms with Crippen molar-refractivity contribution in [2.45, 2.75) is 32.0 Å². The average Bonchev–Trinajstić information content (AvgIpc) is 3.15. The van der Waals surface area contributed by atoms with Gasteiger partial charge in [-0.3, -0.25) is 14.3 Å². The number of rotatable bonds is 6. The summed E-state index contributed by atoms with van der Waals surface area (Å²) in [6, 6.07) is 14.1. The molecule has 0 radical (unpaired) electrons. The number of nitrogens with zero attached hydrogens (tertiary/aromatic N) is 5. The molecule has 1 amide bonds. The fourth-order valence-corrected chi connectivity index (χ4v) is 4.94. The lowest BCUT2D eigenvalue weighted by molar-refractivity contribution is -0.130. The monoisotopic (exact) mass is 421 g/mol. The molecule has 156 valence electrons. The van der Waals surface area contributed by atoms with Crippen molar-refractivity contribution in [3.05, 3.63) is 60.4 Å². The van der Waals surface area contributed by atoms with Crippen molar-refractivity contribution < 1.29 is 4.79 Å². The Kier molecular flexibility index (Phi) is 6.47. The third-order valence-corrected chi connectivity index (χ3v) is 6.34. The van der Waals surface area contributed by atoms with Crippen LogP contribution in [0.2, 0.25) is 0 Å². The number of carbonyl (C=O) groups is 1. The van der Waals surface area contributed by atoms with Gasteiger partial charge in [0.05, 0.1) is 12.3 Å². The van der Waals surface area contributed by atoms with E-state index in [9.17, 15) is 4.79 Å². The molecule has 0 spiro atoms. The second-order valence-corrected chi connectivity index (χ2v) is 9.09. The molecule has 3 aromatic rings. The average molecular weight is 422 g/mol. The Morgan fingerprint density at radius 1 is 1.03 bits per heavy atom. The van der Waals surface area contributed by atoms with Crippen LogP contribution in [0.15, 0.2) is 60.0 Å². The van der Waals surface area contributed by atoms with E-state index < -0.39 is 0 Å². The van der Waals surface area contributed by atoms with Crippen molar-refractivity contribution >= 4 is 17.7 Å². The second kappa shape index (κ2) is 9.43. The zero-order valence-corrected chi connectivity index (χ0v) is 18.3. The minimum Gasteiger partial charge on any atom is -0.341 e. The summed E-state index contributed by atoms with van der Waals surface area (Å²) < 4.78 is 2.09. The van der Waals surface area contributed by atoms with Gasteiger partial charge < -0.3 is 4.90 Å². The minimum atomic E-state index is 0.179. The maximum atomic E-state index is 12.8. The number of likely N-dealkylation sites (tertiary alicyclic amines) is 1. The van der Waals surface area contributed by atoms with Gasteiger partial charge in [-0.05, 0) is 36.0 Å². The SMILES string of the molecule is C[C@H]1C[C@H](C)CN(C(=O)CSc2nnc(-c3ccncc3)n2Cc2ccccc2)C1. The van der Waals surface area contributed by atoms with Gasteiger partial charge in [-0.2, -0.15) is 0 Å². The van der Waals surface area contributed by atoms with E-state index in [-0.39, 0.29) is 5.91 Å². The summed E-state index contributed by atoms with van der Waals surface area (Å²) in [6.45, 7) is 6.80. The first kappa shape index (κ1) is 20.6. The van der Waals surface area contributed by atoms with Crippen molar-refractivity contribution in [2.75, 3.05) is 18.8 Å². The van der Waals surface area contributed by atoms with Crippen LogP contribution in [-0.2, 0) is 11.3 Å². The van der Waals surface area contributed by atoms with Crippen LogP contribution < -0.4 is 0 Å². The molecule has 7 heteroatoms. The lowest BCUT2D eigenvalue weighted by Gasteiger charge is -2.35. The molecule has 4 rings (SSSR count). The highest BCUT2D eigenvalue weighted by atomic mass is 32.2. The summed E-state index contributed by atoms with van der Waals surface area (Å²) in [7, 11) is 0. The van der Waals surface area contributed by atoms with E-state index in [0.717, 1.165) is 29.6 Å². The number of carbonyl (C=O) groups excluding carboxylic acids is 1. The summed E-state index contributed by atoms with van der Waals surface area (Å²) in [5, 5.41) is 9.62. The summed E-state index contributed by atoms with van der Waals surface area (Å²) in [4.78, 5) is 19.0. The molecule has 1 aliphatic rings. The van der Waals surface area contributed by atoms with Crippen molar-refractivity contribution in [1.29, 1.82) is 0 Å². The molecule has 1 saturated heterocycles. The van der Waals surface area contributed by atoms with E-state index in [2.05, 4.69) is 45.7 Å². The lowest BCUT2D eigenvalue weighted by atomic mass is 9.92. The predicted octanol–water partition coefficient (Wildman–Crippen LogP) is 3.99. The molecule has 0 unspecified atom stereocenters. The van der Waals surface area contributed by atoms with Gasteiger partial charge in [-0.25, -0.2) is 0 Å². The molecule has 1 fully saturated rings. The standard InChI is InChI=1S/C23H27N5OS/c1-17-12-18(2)14-27(13-17)21(29)16-30-23-26-25-22(20-8-10-24-11-9-20)28(23)15-19-6-4-3-5-7-19/h3-11,17-18H,12-16H2,1-2H3/t17-,18-/m0/s1. The van der Waals surface area contributed by atoms with Crippen molar-refractivity contribution in [3.63, 3.8) is 0 Å². The number of benzene rings is 1. The summed E-state index contributed by atoms with van der Waals surface area (Å²) in [5.74, 6) is 2.46. The Morgan fingerprint density at radius 3 is 2.43 bits per heavy atom. The van der Waals surface area contributed by atoms with E-state index in [4.69, 9.17) is 0 Å². The molecule has 2 atom stereocenters. The van der Waals surface area contributed by atoms with Gasteiger partial charge in [0.15, 0.2) is 11.0 Å². The highest BCUT2D eigenvalue weighted by molar-refractivity contribution is 7.99. The normalized spacial score (nSPS) is 19.1. The van der Waals surface area contributed by atoms with Gasteiger partial charge in [-0.15, -0.1) is 10.2 Å². The molecule has 6 nitrogen and oxygen atoms in total. The predicted molar refractivity (Wildman–Crippen MR) is 119 cm³/mol. The zero-order chi connectivity index (χ0) is 20.9. The number of piperidine rings is 1. The molecule has 30 heavy (non-hydrogen) atoms. The van der Waals surface area contributed by atoms with Gasteiger partial charge in [-0.1, -0.05) is 55.9 Å². The molecule has 1 aliphatic heterocycles. The number of hydrogen-bond acceptors (Lipinski definition) is 5. The summed E-state index contributed by atoms with van der Waals surface area (Å²) >= 11 is 1.47. The van der Waals surface area contributed by atoms with E-state index in [1.165, 1.54) is 23.7 Å². The molecular formula is C23H27N5OS. The topological polar surface area (TPSA) is 63.9 Å². The van der Waals surface area contributed by atoms with Gasteiger partial charge in [0.25, 0.3) is 0 Å². The number of aromatic nitrogens is 4. The Hall–Kier alpha value is -2.67. The van der Waals surface area contributed by atoms with Crippen LogP contribution in [0.5, 0.6) is 0 Å². The molecule has 0 aliphatic carbocycles. The Morgan fingerprint density at radius 2 is 1.73 bits per heavy atom. The van der Waals surface area contributed by atoms with Crippen LogP contribution in [0.4, 0.5) is 0 Å². The Balaban J connectivity index is 1.54. The van der Waals surface area contributed by atoms with Crippen LogP contribution >= 0.6 is 11.8 Å². The molecule has 0 saturated carbocycles. The number of amides is 1. The van der Waals surface area contributed by atoms with E-state index in [1.807, 2.05) is 35.2 Å². The summed E-state index contributed by atoms with van der Waals surface area (Å²) in [5.41, 5.74) is 2.13. The molecule has 1 aromatic carbocycles. The van der Waals surface area contributed by atoms with E-state index in [1.54, 1.807) is 12.4 Å². The molecule has 0 bridgehead atoms. The quantitative estimate of drug-likeness (QED) is 0.563. The Bertz CT molecular complexity index is 966. The molecule has 2 aromatic heterocycles. The first-order chi connectivity index (χ1) is 14.6. The minimum absolute atomic E-state index is 0.179. The van der Waals surface area contributed by atoms with Gasteiger partial charge in [0.1, 0.15) is 0 Å². The van der Waals surface area contributed by atoms with Crippen LogP contribution in [-0.4, -0.2) is 49.4 Å².